The first-order valence-electron chi connectivity index (χ1n) is 7.05. The van der Waals surface area contributed by atoms with Gasteiger partial charge in [-0.25, -0.2) is 5.90 Å². The molecule has 2 aliphatic rings. The topological polar surface area (TPSA) is 44.5 Å². The number of hydrogen-bond donors (Lipinski definition) is 1. The fourth-order valence-electron chi connectivity index (χ4n) is 3.99. The zero-order valence-electron chi connectivity index (χ0n) is 12.2. The van der Waals surface area contributed by atoms with Gasteiger partial charge in [0.15, 0.2) is 0 Å². The number of allylic oxidation sites excluding steroid dienone is 1. The van der Waals surface area contributed by atoms with Crippen LogP contribution in [0, 0.1) is 11.3 Å². The fraction of sp³-hybridized carbons (Fsp3) is 0.867. The molecule has 2 saturated heterocycles. The van der Waals surface area contributed by atoms with Crippen molar-refractivity contribution >= 4 is 0 Å². The lowest BCUT2D eigenvalue weighted by molar-refractivity contribution is 0.00469. The SMILES string of the molecule is C/C(=C\CON)CCC1C(C)(C)C2CC[C@]1(C)O2. The first kappa shape index (κ1) is 14.0. The van der Waals surface area contributed by atoms with Crippen LogP contribution in [0.2, 0.25) is 0 Å². The zero-order valence-corrected chi connectivity index (χ0v) is 12.2. The molecule has 2 fully saturated rings. The highest BCUT2D eigenvalue weighted by Gasteiger charge is 2.60. The van der Waals surface area contributed by atoms with Crippen molar-refractivity contribution in [2.75, 3.05) is 6.61 Å². The molecule has 3 atom stereocenters. The van der Waals surface area contributed by atoms with E-state index in [1.165, 1.54) is 24.8 Å². The minimum Gasteiger partial charge on any atom is -0.371 e. The van der Waals surface area contributed by atoms with Gasteiger partial charge in [0.2, 0.25) is 0 Å². The van der Waals surface area contributed by atoms with E-state index in [4.69, 9.17) is 10.6 Å². The van der Waals surface area contributed by atoms with E-state index in [0.29, 0.717) is 24.0 Å². The monoisotopic (exact) mass is 253 g/mol. The second kappa shape index (κ2) is 4.95. The molecular formula is C15H27NO2. The van der Waals surface area contributed by atoms with Crippen molar-refractivity contribution in [3.05, 3.63) is 11.6 Å². The van der Waals surface area contributed by atoms with Gasteiger partial charge in [0.05, 0.1) is 18.3 Å². The van der Waals surface area contributed by atoms with E-state index in [0.717, 1.165) is 6.42 Å². The van der Waals surface area contributed by atoms with Crippen LogP contribution in [0.15, 0.2) is 11.6 Å². The summed E-state index contributed by atoms with van der Waals surface area (Å²) in [5.41, 5.74) is 1.79. The summed E-state index contributed by atoms with van der Waals surface area (Å²) in [6.07, 6.45) is 7.31. The fourth-order valence-corrected chi connectivity index (χ4v) is 3.99. The summed E-state index contributed by atoms with van der Waals surface area (Å²) in [4.78, 5) is 4.59. The molecule has 2 aliphatic heterocycles. The maximum absolute atomic E-state index is 6.24. The van der Waals surface area contributed by atoms with Gasteiger partial charge in [-0.3, -0.25) is 0 Å². The van der Waals surface area contributed by atoms with Crippen LogP contribution in [0.4, 0.5) is 0 Å². The molecule has 0 aliphatic carbocycles. The normalized spacial score (nSPS) is 38.4. The number of hydrogen-bond acceptors (Lipinski definition) is 3. The highest BCUT2D eigenvalue weighted by Crippen LogP contribution is 2.59. The van der Waals surface area contributed by atoms with Gasteiger partial charge in [-0.2, -0.15) is 0 Å². The van der Waals surface area contributed by atoms with E-state index >= 15 is 0 Å². The second-order valence-corrected chi connectivity index (χ2v) is 6.75. The van der Waals surface area contributed by atoms with Crippen molar-refractivity contribution in [1.29, 1.82) is 0 Å². The molecular weight excluding hydrogens is 226 g/mol. The van der Waals surface area contributed by atoms with E-state index in [-0.39, 0.29) is 5.60 Å². The summed E-state index contributed by atoms with van der Waals surface area (Å²) in [6, 6.07) is 0. The lowest BCUT2D eigenvalue weighted by Crippen LogP contribution is -2.40. The molecule has 3 heteroatoms. The molecule has 0 aromatic heterocycles. The van der Waals surface area contributed by atoms with E-state index in [9.17, 15) is 0 Å². The van der Waals surface area contributed by atoms with Crippen LogP contribution in [0.1, 0.15) is 53.4 Å². The molecule has 104 valence electrons. The molecule has 0 spiro atoms. The Morgan fingerprint density at radius 2 is 2.17 bits per heavy atom. The van der Waals surface area contributed by atoms with E-state index in [1.807, 2.05) is 0 Å². The van der Waals surface area contributed by atoms with Crippen LogP contribution in [-0.4, -0.2) is 18.3 Å². The van der Waals surface area contributed by atoms with E-state index in [2.05, 4.69) is 38.6 Å². The lowest BCUT2D eigenvalue weighted by Gasteiger charge is -2.39. The number of fused-ring (bicyclic) bond motifs is 2. The summed E-state index contributed by atoms with van der Waals surface area (Å²) >= 11 is 0. The molecule has 2 heterocycles. The van der Waals surface area contributed by atoms with Crippen LogP contribution in [-0.2, 0) is 9.57 Å². The van der Waals surface area contributed by atoms with Gasteiger partial charge in [0.1, 0.15) is 0 Å². The predicted octanol–water partition coefficient (Wildman–Crippen LogP) is 3.20. The molecule has 0 amide bonds. The summed E-state index contributed by atoms with van der Waals surface area (Å²) in [5, 5.41) is 0. The van der Waals surface area contributed by atoms with Gasteiger partial charge in [-0.05, 0) is 50.9 Å². The van der Waals surface area contributed by atoms with Gasteiger partial charge in [-0.15, -0.1) is 0 Å². The Morgan fingerprint density at radius 1 is 1.44 bits per heavy atom. The van der Waals surface area contributed by atoms with E-state index in [1.54, 1.807) is 0 Å². The second-order valence-electron chi connectivity index (χ2n) is 6.75. The van der Waals surface area contributed by atoms with Gasteiger partial charge >= 0.3 is 0 Å². The largest absolute Gasteiger partial charge is 0.371 e. The van der Waals surface area contributed by atoms with Crippen LogP contribution in [0.25, 0.3) is 0 Å². The number of nitrogens with two attached hydrogens (primary N) is 1. The Morgan fingerprint density at radius 3 is 2.72 bits per heavy atom. The average molecular weight is 253 g/mol. The smallest absolute Gasteiger partial charge is 0.0863 e. The Kier molecular flexibility index (Phi) is 3.86. The molecule has 3 nitrogen and oxygen atoms in total. The third-order valence-electron chi connectivity index (χ3n) is 5.13. The third-order valence-corrected chi connectivity index (χ3v) is 5.13. The van der Waals surface area contributed by atoms with Crippen molar-refractivity contribution in [3.8, 4) is 0 Å². The van der Waals surface area contributed by atoms with Crippen LogP contribution in [0.5, 0.6) is 0 Å². The lowest BCUT2D eigenvalue weighted by atomic mass is 9.62. The van der Waals surface area contributed by atoms with Gasteiger partial charge in [0, 0.05) is 0 Å². The molecule has 18 heavy (non-hydrogen) atoms. The summed E-state index contributed by atoms with van der Waals surface area (Å²) in [5.74, 6) is 5.70. The minimum absolute atomic E-state index is 0.110. The summed E-state index contributed by atoms with van der Waals surface area (Å²) < 4.78 is 6.24. The number of rotatable bonds is 5. The van der Waals surface area contributed by atoms with Crippen LogP contribution in [0.3, 0.4) is 0 Å². The molecule has 2 bridgehead atoms. The molecule has 2 unspecified atom stereocenters. The molecule has 0 radical (unpaired) electrons. The quantitative estimate of drug-likeness (QED) is 0.604. The Labute approximate surface area is 111 Å². The molecule has 0 saturated carbocycles. The van der Waals surface area contributed by atoms with Crippen molar-refractivity contribution in [3.63, 3.8) is 0 Å². The predicted molar refractivity (Wildman–Crippen MR) is 72.9 cm³/mol. The van der Waals surface area contributed by atoms with Crippen LogP contribution < -0.4 is 5.90 Å². The van der Waals surface area contributed by atoms with Crippen molar-refractivity contribution in [2.24, 2.45) is 17.2 Å². The van der Waals surface area contributed by atoms with Crippen LogP contribution >= 0.6 is 0 Å². The van der Waals surface area contributed by atoms with Gasteiger partial charge in [-0.1, -0.05) is 25.5 Å². The summed E-state index contributed by atoms with van der Waals surface area (Å²) in [6.45, 7) is 9.71. The van der Waals surface area contributed by atoms with Crippen molar-refractivity contribution in [1.82, 2.24) is 0 Å². The minimum atomic E-state index is 0.110. The Balaban J connectivity index is 1.97. The highest BCUT2D eigenvalue weighted by molar-refractivity contribution is 5.10. The standard InChI is InChI=1S/C15H27NO2/c1-11(8-10-17-16)5-6-12-14(2,3)13-7-9-15(12,4)18-13/h8,12-13H,5-7,9-10,16H2,1-4H3/b11-8+/t12?,13?,15-/m0/s1. The Bertz CT molecular complexity index is 333. The molecule has 2 N–H and O–H groups in total. The summed E-state index contributed by atoms with van der Waals surface area (Å²) in [7, 11) is 0. The first-order valence-corrected chi connectivity index (χ1v) is 7.05. The number of ether oxygens (including phenoxy) is 1. The van der Waals surface area contributed by atoms with Gasteiger partial charge in [0.25, 0.3) is 0 Å². The maximum Gasteiger partial charge on any atom is 0.0863 e. The van der Waals surface area contributed by atoms with Gasteiger partial charge < -0.3 is 9.57 Å². The van der Waals surface area contributed by atoms with E-state index < -0.39 is 0 Å². The zero-order chi connectivity index (χ0) is 13.4. The first-order chi connectivity index (χ1) is 8.40. The Hall–Kier alpha value is -0.380. The molecule has 0 aromatic carbocycles. The average Bonchev–Trinajstić information content (AvgIpc) is 2.77. The molecule has 0 aromatic rings. The van der Waals surface area contributed by atoms with Crippen molar-refractivity contribution in [2.45, 2.75) is 65.1 Å². The molecule has 2 rings (SSSR count). The highest BCUT2D eigenvalue weighted by atomic mass is 16.6. The maximum atomic E-state index is 6.24. The van der Waals surface area contributed by atoms with Crippen molar-refractivity contribution < 1.29 is 9.57 Å². The third kappa shape index (κ3) is 2.36.